The standard InChI is InChI=1S/C9H21N3O3S/c1-16(14,15)12-5-3-11(4-6-12)8-9(10)2-7-13/h9,13H,2-8,10H2,1H3. The van der Waals surface area contributed by atoms with Gasteiger partial charge in [0, 0.05) is 45.4 Å². The molecule has 0 aromatic rings. The molecule has 1 heterocycles. The van der Waals surface area contributed by atoms with Gasteiger partial charge < -0.3 is 10.8 Å². The third-order valence-corrected chi connectivity index (χ3v) is 4.10. The van der Waals surface area contributed by atoms with Crippen LogP contribution >= 0.6 is 0 Å². The van der Waals surface area contributed by atoms with Gasteiger partial charge in [-0.25, -0.2) is 8.42 Å². The van der Waals surface area contributed by atoms with Crippen LogP contribution in [0.2, 0.25) is 0 Å². The molecule has 0 amide bonds. The molecule has 0 spiro atoms. The highest BCUT2D eigenvalue weighted by molar-refractivity contribution is 7.88. The Morgan fingerprint density at radius 1 is 1.31 bits per heavy atom. The zero-order chi connectivity index (χ0) is 12.2. The number of hydrogen-bond acceptors (Lipinski definition) is 5. The summed E-state index contributed by atoms with van der Waals surface area (Å²) in [5, 5.41) is 8.73. The maximum absolute atomic E-state index is 11.3. The Labute approximate surface area is 97.1 Å². The minimum Gasteiger partial charge on any atom is -0.396 e. The molecule has 1 aliphatic rings. The highest BCUT2D eigenvalue weighted by Crippen LogP contribution is 2.06. The normalized spacial score (nSPS) is 22.2. The molecule has 0 saturated carbocycles. The van der Waals surface area contributed by atoms with E-state index in [-0.39, 0.29) is 12.6 Å². The van der Waals surface area contributed by atoms with Gasteiger partial charge in [-0.3, -0.25) is 4.90 Å². The maximum Gasteiger partial charge on any atom is 0.211 e. The Morgan fingerprint density at radius 3 is 2.31 bits per heavy atom. The third kappa shape index (κ3) is 4.34. The van der Waals surface area contributed by atoms with Crippen LogP contribution in [0.5, 0.6) is 0 Å². The van der Waals surface area contributed by atoms with Gasteiger partial charge >= 0.3 is 0 Å². The lowest BCUT2D eigenvalue weighted by atomic mass is 10.2. The first-order valence-electron chi connectivity index (χ1n) is 5.47. The van der Waals surface area contributed by atoms with E-state index >= 15 is 0 Å². The summed E-state index contributed by atoms with van der Waals surface area (Å²) in [6.07, 6.45) is 1.83. The summed E-state index contributed by atoms with van der Waals surface area (Å²) >= 11 is 0. The molecule has 1 rings (SSSR count). The van der Waals surface area contributed by atoms with Crippen LogP contribution in [0.4, 0.5) is 0 Å². The van der Waals surface area contributed by atoms with Crippen LogP contribution in [0.25, 0.3) is 0 Å². The second-order valence-electron chi connectivity index (χ2n) is 4.24. The number of hydrogen-bond donors (Lipinski definition) is 2. The lowest BCUT2D eigenvalue weighted by molar-refractivity contribution is 0.170. The molecule has 3 N–H and O–H groups in total. The first kappa shape index (κ1) is 13.9. The molecule has 0 aliphatic carbocycles. The molecule has 1 fully saturated rings. The van der Waals surface area contributed by atoms with Crippen molar-refractivity contribution in [3.8, 4) is 0 Å². The maximum atomic E-state index is 11.3. The zero-order valence-corrected chi connectivity index (χ0v) is 10.5. The topological polar surface area (TPSA) is 86.9 Å². The van der Waals surface area contributed by atoms with Crippen molar-refractivity contribution in [3.05, 3.63) is 0 Å². The zero-order valence-electron chi connectivity index (χ0n) is 9.67. The van der Waals surface area contributed by atoms with E-state index in [2.05, 4.69) is 4.90 Å². The Morgan fingerprint density at radius 2 is 1.88 bits per heavy atom. The minimum atomic E-state index is -3.05. The molecular weight excluding hydrogens is 230 g/mol. The number of aliphatic hydroxyl groups excluding tert-OH is 1. The van der Waals surface area contributed by atoms with Crippen LogP contribution in [0.1, 0.15) is 6.42 Å². The number of nitrogens with zero attached hydrogens (tertiary/aromatic N) is 2. The molecule has 0 aromatic heterocycles. The van der Waals surface area contributed by atoms with Crippen LogP contribution in [0.15, 0.2) is 0 Å². The summed E-state index contributed by atoms with van der Waals surface area (Å²) in [4.78, 5) is 2.14. The average Bonchev–Trinajstić information content (AvgIpc) is 2.17. The van der Waals surface area contributed by atoms with Gasteiger partial charge in [0.2, 0.25) is 10.0 Å². The summed E-state index contributed by atoms with van der Waals surface area (Å²) < 4.78 is 24.0. The van der Waals surface area contributed by atoms with Crippen molar-refractivity contribution in [2.75, 3.05) is 45.6 Å². The number of rotatable bonds is 5. The summed E-state index contributed by atoms with van der Waals surface area (Å²) in [6.45, 7) is 3.32. The van der Waals surface area contributed by atoms with Crippen molar-refractivity contribution in [2.24, 2.45) is 5.73 Å². The number of aliphatic hydroxyl groups is 1. The van der Waals surface area contributed by atoms with Crippen molar-refractivity contribution in [1.82, 2.24) is 9.21 Å². The first-order chi connectivity index (χ1) is 7.43. The molecule has 96 valence electrons. The van der Waals surface area contributed by atoms with Crippen LogP contribution in [0, 0.1) is 0 Å². The Kier molecular flexibility index (Phi) is 5.13. The molecule has 0 aromatic carbocycles. The first-order valence-corrected chi connectivity index (χ1v) is 7.32. The molecular formula is C9H21N3O3S. The number of nitrogens with two attached hydrogens (primary N) is 1. The van der Waals surface area contributed by atoms with E-state index in [0.29, 0.717) is 32.6 Å². The van der Waals surface area contributed by atoms with Crippen molar-refractivity contribution < 1.29 is 13.5 Å². The van der Waals surface area contributed by atoms with Crippen LogP contribution in [-0.2, 0) is 10.0 Å². The van der Waals surface area contributed by atoms with Crippen LogP contribution in [-0.4, -0.2) is 74.4 Å². The number of sulfonamides is 1. The largest absolute Gasteiger partial charge is 0.396 e. The van der Waals surface area contributed by atoms with Gasteiger partial charge in [-0.2, -0.15) is 4.31 Å². The van der Waals surface area contributed by atoms with Gasteiger partial charge in [0.1, 0.15) is 0 Å². The van der Waals surface area contributed by atoms with Crippen LogP contribution in [0.3, 0.4) is 0 Å². The quantitative estimate of drug-likeness (QED) is 0.606. The van der Waals surface area contributed by atoms with Crippen molar-refractivity contribution in [2.45, 2.75) is 12.5 Å². The second-order valence-corrected chi connectivity index (χ2v) is 6.22. The minimum absolute atomic E-state index is 0.0326. The monoisotopic (exact) mass is 251 g/mol. The molecule has 1 atom stereocenters. The van der Waals surface area contributed by atoms with Crippen molar-refractivity contribution in [1.29, 1.82) is 0 Å². The van der Waals surface area contributed by atoms with E-state index in [1.807, 2.05) is 0 Å². The van der Waals surface area contributed by atoms with Gasteiger partial charge in [-0.05, 0) is 6.42 Å². The summed E-state index contributed by atoms with van der Waals surface area (Å²) in [5.41, 5.74) is 5.80. The number of piperazine rings is 1. The molecule has 1 aliphatic heterocycles. The van der Waals surface area contributed by atoms with Crippen molar-refractivity contribution >= 4 is 10.0 Å². The smallest absolute Gasteiger partial charge is 0.211 e. The van der Waals surface area contributed by atoms with E-state index in [1.165, 1.54) is 10.6 Å². The van der Waals surface area contributed by atoms with Gasteiger partial charge in [-0.15, -0.1) is 0 Å². The third-order valence-electron chi connectivity index (χ3n) is 2.79. The summed E-state index contributed by atoms with van der Waals surface area (Å²) in [7, 11) is -3.05. The Bertz CT molecular complexity index is 299. The molecule has 1 saturated heterocycles. The summed E-state index contributed by atoms with van der Waals surface area (Å²) in [5.74, 6) is 0. The lowest BCUT2D eigenvalue weighted by Gasteiger charge is -2.34. The Hall–Kier alpha value is -0.210. The highest BCUT2D eigenvalue weighted by Gasteiger charge is 2.23. The van der Waals surface area contributed by atoms with E-state index < -0.39 is 10.0 Å². The van der Waals surface area contributed by atoms with E-state index in [9.17, 15) is 8.42 Å². The van der Waals surface area contributed by atoms with E-state index in [0.717, 1.165) is 6.54 Å². The fraction of sp³-hybridized carbons (Fsp3) is 1.00. The molecule has 7 heteroatoms. The van der Waals surface area contributed by atoms with Crippen molar-refractivity contribution in [3.63, 3.8) is 0 Å². The van der Waals surface area contributed by atoms with E-state index in [1.54, 1.807) is 0 Å². The SMILES string of the molecule is CS(=O)(=O)N1CCN(CC(N)CCO)CC1. The van der Waals surface area contributed by atoms with Gasteiger partial charge in [-0.1, -0.05) is 0 Å². The molecule has 16 heavy (non-hydrogen) atoms. The van der Waals surface area contributed by atoms with Gasteiger partial charge in [0.25, 0.3) is 0 Å². The van der Waals surface area contributed by atoms with Crippen LogP contribution < -0.4 is 5.73 Å². The predicted octanol–water partition coefficient (Wildman–Crippen LogP) is -1.73. The predicted molar refractivity (Wildman–Crippen MR) is 62.5 cm³/mol. The second kappa shape index (κ2) is 5.92. The van der Waals surface area contributed by atoms with Gasteiger partial charge in [0.05, 0.1) is 6.26 Å². The molecule has 0 radical (unpaired) electrons. The fourth-order valence-electron chi connectivity index (χ4n) is 1.83. The summed E-state index contributed by atoms with van der Waals surface area (Å²) in [6, 6.07) is -0.0326. The molecule has 0 bridgehead atoms. The van der Waals surface area contributed by atoms with E-state index in [4.69, 9.17) is 10.8 Å². The van der Waals surface area contributed by atoms with Gasteiger partial charge in [0.15, 0.2) is 0 Å². The highest BCUT2D eigenvalue weighted by atomic mass is 32.2. The molecule has 6 nitrogen and oxygen atoms in total. The molecule has 1 unspecified atom stereocenters. The fourth-order valence-corrected chi connectivity index (χ4v) is 2.66. The Balaban J connectivity index is 2.32. The lowest BCUT2D eigenvalue weighted by Crippen LogP contribution is -2.51. The average molecular weight is 251 g/mol.